The molecule has 1 saturated carbocycles. The molecule has 1 fully saturated rings. The van der Waals surface area contributed by atoms with Crippen molar-refractivity contribution in [1.82, 2.24) is 35.3 Å². The third kappa shape index (κ3) is 4.48. The van der Waals surface area contributed by atoms with Crippen LogP contribution in [0.25, 0.3) is 33.2 Å². The number of anilines is 1. The van der Waals surface area contributed by atoms with Crippen LogP contribution < -0.4 is 10.6 Å². The van der Waals surface area contributed by atoms with Crippen molar-refractivity contribution in [2.45, 2.75) is 57.7 Å². The van der Waals surface area contributed by atoms with E-state index in [9.17, 15) is 13.6 Å². The van der Waals surface area contributed by atoms with E-state index in [0.29, 0.717) is 22.6 Å². The Bertz CT molecular complexity index is 1290. The highest BCUT2D eigenvalue weighted by Gasteiger charge is 2.22. The zero-order chi connectivity index (χ0) is 22.9. The number of H-pyrrole nitrogens is 1. The third-order valence-electron chi connectivity index (χ3n) is 6.04. The van der Waals surface area contributed by atoms with Crippen LogP contribution >= 0.6 is 0 Å². The minimum absolute atomic E-state index is 0.0108. The lowest BCUT2D eigenvalue weighted by atomic mass is 9.91. The number of benzene rings is 1. The van der Waals surface area contributed by atoms with Gasteiger partial charge in [0.05, 0.1) is 5.52 Å². The molecule has 0 aliphatic heterocycles. The number of aromatic nitrogens is 6. The van der Waals surface area contributed by atoms with Crippen molar-refractivity contribution in [3.05, 3.63) is 30.6 Å². The number of carbonyl (C=O) groups excluding carboxylic acids is 1. The van der Waals surface area contributed by atoms with Crippen molar-refractivity contribution in [2.24, 2.45) is 0 Å². The highest BCUT2D eigenvalue weighted by molar-refractivity contribution is 5.95. The van der Waals surface area contributed by atoms with Crippen molar-refractivity contribution in [1.29, 1.82) is 0 Å². The second-order valence-electron chi connectivity index (χ2n) is 8.42. The van der Waals surface area contributed by atoms with E-state index in [1.165, 1.54) is 4.68 Å². The first-order valence-corrected chi connectivity index (χ1v) is 11.0. The van der Waals surface area contributed by atoms with Crippen molar-refractivity contribution in [2.75, 3.05) is 5.32 Å². The molecule has 3 aromatic heterocycles. The molecule has 11 heteroatoms. The number of hydrogen-bond acceptors (Lipinski definition) is 6. The molecule has 9 nitrogen and oxygen atoms in total. The summed E-state index contributed by atoms with van der Waals surface area (Å²) in [6.45, 7) is 1.05. The largest absolute Gasteiger partial charge is 0.354 e. The van der Waals surface area contributed by atoms with E-state index in [1.807, 2.05) is 12.3 Å². The maximum atomic E-state index is 12.9. The molecule has 1 aromatic carbocycles. The normalized spacial score (nSPS) is 18.8. The number of alkyl halides is 2. The molecule has 0 spiro atoms. The van der Waals surface area contributed by atoms with Crippen LogP contribution in [0.1, 0.15) is 32.6 Å². The summed E-state index contributed by atoms with van der Waals surface area (Å²) in [4.78, 5) is 23.5. The predicted octanol–water partition coefficient (Wildman–Crippen LogP) is 3.49. The summed E-state index contributed by atoms with van der Waals surface area (Å²) < 4.78 is 26.9. The number of carbonyl (C=O) groups is 1. The van der Waals surface area contributed by atoms with Crippen LogP contribution in [0.15, 0.2) is 30.6 Å². The monoisotopic (exact) mass is 454 g/mol. The lowest BCUT2D eigenvalue weighted by Gasteiger charge is -2.29. The fourth-order valence-electron chi connectivity index (χ4n) is 4.47. The molecule has 5 rings (SSSR count). The summed E-state index contributed by atoms with van der Waals surface area (Å²) in [6.07, 6.45) is 4.80. The number of nitrogens with zero attached hydrogens (tertiary/aromatic N) is 5. The molecule has 1 amide bonds. The third-order valence-corrected chi connectivity index (χ3v) is 6.04. The molecule has 172 valence electrons. The Balaban J connectivity index is 1.34. The number of aromatic amines is 1. The van der Waals surface area contributed by atoms with Gasteiger partial charge in [-0.3, -0.25) is 4.79 Å². The standard InChI is InChI=1S/C22H24F2N8O/c1-12(33)27-14-3-5-15(6-4-14)28-22-26-10-17-16(9-25-21(17)29-22)13-2-7-18-19(8-13)32(31-30-18)11-20(23)24/h2,7-10,14-15,20H,3-6,11H2,1H3,(H,27,33)(H2,25,26,28,29)/t14-,15-. The average Bonchev–Trinajstić information content (AvgIpc) is 3.38. The van der Waals surface area contributed by atoms with E-state index >= 15 is 0 Å². The van der Waals surface area contributed by atoms with Gasteiger partial charge in [0.15, 0.2) is 0 Å². The van der Waals surface area contributed by atoms with Crippen LogP contribution in [0, 0.1) is 0 Å². The maximum Gasteiger partial charge on any atom is 0.258 e. The highest BCUT2D eigenvalue weighted by atomic mass is 19.3. The van der Waals surface area contributed by atoms with Gasteiger partial charge in [0.2, 0.25) is 11.9 Å². The summed E-state index contributed by atoms with van der Waals surface area (Å²) in [5.74, 6) is 0.560. The molecule has 0 radical (unpaired) electrons. The second-order valence-corrected chi connectivity index (χ2v) is 8.42. The lowest BCUT2D eigenvalue weighted by Crippen LogP contribution is -2.39. The maximum absolute atomic E-state index is 12.9. The van der Waals surface area contributed by atoms with Crippen LogP contribution in [-0.2, 0) is 11.3 Å². The number of fused-ring (bicyclic) bond motifs is 2. The molecule has 0 unspecified atom stereocenters. The van der Waals surface area contributed by atoms with E-state index in [1.54, 1.807) is 25.3 Å². The molecule has 3 heterocycles. The number of hydrogen-bond donors (Lipinski definition) is 3. The van der Waals surface area contributed by atoms with Gasteiger partial charge < -0.3 is 15.6 Å². The van der Waals surface area contributed by atoms with Crippen LogP contribution in [-0.4, -0.2) is 54.4 Å². The first kappa shape index (κ1) is 21.2. The van der Waals surface area contributed by atoms with Crippen molar-refractivity contribution in [3.8, 4) is 11.1 Å². The molecular weight excluding hydrogens is 430 g/mol. The number of rotatable bonds is 6. The highest BCUT2D eigenvalue weighted by Crippen LogP contribution is 2.30. The summed E-state index contributed by atoms with van der Waals surface area (Å²) in [7, 11) is 0. The zero-order valence-corrected chi connectivity index (χ0v) is 18.1. The van der Waals surface area contributed by atoms with Gasteiger partial charge in [-0.2, -0.15) is 4.98 Å². The van der Waals surface area contributed by atoms with Gasteiger partial charge in [0, 0.05) is 42.4 Å². The van der Waals surface area contributed by atoms with Crippen LogP contribution in [0.2, 0.25) is 0 Å². The Labute approximate surface area is 188 Å². The Hall–Kier alpha value is -3.63. The molecular formula is C22H24F2N8O. The van der Waals surface area contributed by atoms with Gasteiger partial charge in [-0.05, 0) is 43.4 Å². The lowest BCUT2D eigenvalue weighted by molar-refractivity contribution is -0.119. The zero-order valence-electron chi connectivity index (χ0n) is 18.1. The first-order chi connectivity index (χ1) is 16.0. The SMILES string of the molecule is CC(=O)N[C@H]1CC[C@H](Nc2ncc3c(-c4ccc5nnn(CC(F)F)c5c4)c[nH]c3n2)CC1. The Morgan fingerprint density at radius 1 is 1.24 bits per heavy atom. The van der Waals surface area contributed by atoms with Gasteiger partial charge in [-0.15, -0.1) is 5.10 Å². The van der Waals surface area contributed by atoms with E-state index in [4.69, 9.17) is 0 Å². The van der Waals surface area contributed by atoms with Crippen LogP contribution in [0.4, 0.5) is 14.7 Å². The van der Waals surface area contributed by atoms with Crippen molar-refractivity contribution in [3.63, 3.8) is 0 Å². The first-order valence-electron chi connectivity index (χ1n) is 11.0. The quantitative estimate of drug-likeness (QED) is 0.411. The molecule has 0 bridgehead atoms. The molecule has 1 aliphatic carbocycles. The molecule has 3 N–H and O–H groups in total. The summed E-state index contributed by atoms with van der Waals surface area (Å²) in [5.41, 5.74) is 3.52. The van der Waals surface area contributed by atoms with Gasteiger partial charge in [0.25, 0.3) is 6.43 Å². The van der Waals surface area contributed by atoms with E-state index < -0.39 is 13.0 Å². The molecule has 1 aliphatic rings. The second kappa shape index (κ2) is 8.72. The van der Waals surface area contributed by atoms with Gasteiger partial charge in [0.1, 0.15) is 17.7 Å². The minimum Gasteiger partial charge on any atom is -0.354 e. The summed E-state index contributed by atoms with van der Waals surface area (Å²) in [6, 6.07) is 5.95. The number of nitrogens with one attached hydrogen (secondary N) is 3. The molecule has 4 aromatic rings. The minimum atomic E-state index is -2.51. The predicted molar refractivity (Wildman–Crippen MR) is 120 cm³/mol. The average molecular weight is 454 g/mol. The van der Waals surface area contributed by atoms with Crippen molar-refractivity contribution < 1.29 is 13.6 Å². The smallest absolute Gasteiger partial charge is 0.258 e. The Kier molecular flexibility index (Phi) is 5.61. The Morgan fingerprint density at radius 3 is 2.79 bits per heavy atom. The molecule has 0 saturated heterocycles. The van der Waals surface area contributed by atoms with Gasteiger partial charge in [-0.25, -0.2) is 18.4 Å². The fourth-order valence-corrected chi connectivity index (χ4v) is 4.47. The van der Waals surface area contributed by atoms with E-state index in [-0.39, 0.29) is 18.0 Å². The van der Waals surface area contributed by atoms with Crippen LogP contribution in [0.3, 0.4) is 0 Å². The molecule has 0 atom stereocenters. The number of halogens is 2. The summed E-state index contributed by atoms with van der Waals surface area (Å²) in [5, 5.41) is 15.0. The number of amides is 1. The Morgan fingerprint density at radius 2 is 2.03 bits per heavy atom. The summed E-state index contributed by atoms with van der Waals surface area (Å²) >= 11 is 0. The van der Waals surface area contributed by atoms with Crippen LogP contribution in [0.5, 0.6) is 0 Å². The topological polar surface area (TPSA) is 113 Å². The van der Waals surface area contributed by atoms with E-state index in [0.717, 1.165) is 42.2 Å². The van der Waals surface area contributed by atoms with E-state index in [2.05, 4.69) is 35.9 Å². The van der Waals surface area contributed by atoms with Gasteiger partial charge in [-0.1, -0.05) is 11.3 Å². The van der Waals surface area contributed by atoms with Crippen molar-refractivity contribution >= 4 is 33.9 Å². The van der Waals surface area contributed by atoms with Gasteiger partial charge >= 0.3 is 0 Å². The molecule has 33 heavy (non-hydrogen) atoms. The fraction of sp³-hybridized carbons (Fsp3) is 0.409.